The van der Waals surface area contributed by atoms with Gasteiger partial charge >= 0.3 is 0 Å². The van der Waals surface area contributed by atoms with Gasteiger partial charge in [0.25, 0.3) is 0 Å². The predicted molar refractivity (Wildman–Crippen MR) is 134 cm³/mol. The van der Waals surface area contributed by atoms with Crippen LogP contribution in [0.15, 0.2) is 15.6 Å². The topological polar surface area (TPSA) is 60.1 Å². The van der Waals surface area contributed by atoms with E-state index < -0.39 is 0 Å². The number of guanidine groups is 1. The molecular weight excluding hydrogens is 491 g/mol. The second-order valence-corrected chi connectivity index (χ2v) is 8.39. The Morgan fingerprint density at radius 1 is 1.03 bits per heavy atom. The molecular formula is C22H41IN6O. The lowest BCUT2D eigenvalue weighted by atomic mass is 10.1. The predicted octanol–water partition coefficient (Wildman–Crippen LogP) is 3.34. The van der Waals surface area contributed by atoms with Crippen LogP contribution in [0.3, 0.4) is 0 Å². The summed E-state index contributed by atoms with van der Waals surface area (Å²) in [5.74, 6) is 1.97. The number of hydrogen-bond donors (Lipinski definition) is 1. The number of rotatable bonds is 9. The number of unbranched alkanes of at least 4 members (excludes halogenated alkanes) is 2. The van der Waals surface area contributed by atoms with E-state index in [1.54, 1.807) is 0 Å². The molecule has 0 saturated carbocycles. The third kappa shape index (κ3) is 8.70. The molecule has 0 aliphatic carbocycles. The molecule has 30 heavy (non-hydrogen) atoms. The lowest BCUT2D eigenvalue weighted by Gasteiger charge is -2.36. The van der Waals surface area contributed by atoms with Gasteiger partial charge in [-0.05, 0) is 59.2 Å². The molecule has 1 aromatic rings. The van der Waals surface area contributed by atoms with E-state index in [0.29, 0.717) is 0 Å². The van der Waals surface area contributed by atoms with Crippen LogP contribution >= 0.6 is 24.0 Å². The zero-order chi connectivity index (χ0) is 20.3. The molecule has 0 radical (unpaired) electrons. The van der Waals surface area contributed by atoms with Crippen molar-refractivity contribution in [1.82, 2.24) is 25.2 Å². The Labute approximate surface area is 199 Å². The molecule has 7 nitrogen and oxygen atoms in total. The summed E-state index contributed by atoms with van der Waals surface area (Å²) in [6.45, 7) is 14.8. The highest BCUT2D eigenvalue weighted by molar-refractivity contribution is 14.0. The highest BCUT2D eigenvalue weighted by atomic mass is 127. The van der Waals surface area contributed by atoms with Crippen molar-refractivity contribution in [2.75, 3.05) is 58.9 Å². The van der Waals surface area contributed by atoms with Gasteiger partial charge in [0, 0.05) is 51.9 Å². The van der Waals surface area contributed by atoms with Crippen molar-refractivity contribution in [3.8, 4) is 0 Å². The number of piperidine rings is 1. The first kappa shape index (κ1) is 25.4. The van der Waals surface area contributed by atoms with E-state index in [0.717, 1.165) is 63.2 Å². The fourth-order valence-electron chi connectivity index (χ4n) is 4.26. The Kier molecular flexibility index (Phi) is 12.1. The number of nitrogens with zero attached hydrogens (tertiary/aromatic N) is 5. The molecule has 2 aliphatic rings. The van der Waals surface area contributed by atoms with E-state index in [1.165, 1.54) is 58.2 Å². The van der Waals surface area contributed by atoms with Crippen molar-refractivity contribution >= 4 is 29.9 Å². The highest BCUT2D eigenvalue weighted by Gasteiger charge is 2.20. The van der Waals surface area contributed by atoms with Crippen LogP contribution in [0.4, 0.5) is 0 Å². The summed E-state index contributed by atoms with van der Waals surface area (Å²) < 4.78 is 5.19. The minimum atomic E-state index is 0. The van der Waals surface area contributed by atoms with Gasteiger partial charge in [0.1, 0.15) is 5.76 Å². The number of likely N-dealkylation sites (tertiary alicyclic amines) is 1. The van der Waals surface area contributed by atoms with Gasteiger partial charge in [-0.1, -0.05) is 18.0 Å². The largest absolute Gasteiger partial charge is 0.361 e. The number of halogens is 1. The van der Waals surface area contributed by atoms with Crippen LogP contribution in [0.2, 0.25) is 0 Å². The minimum absolute atomic E-state index is 0. The van der Waals surface area contributed by atoms with Crippen molar-refractivity contribution in [1.29, 1.82) is 0 Å². The fourth-order valence-corrected chi connectivity index (χ4v) is 4.26. The average molecular weight is 533 g/mol. The van der Waals surface area contributed by atoms with Crippen molar-refractivity contribution in [2.24, 2.45) is 4.99 Å². The van der Waals surface area contributed by atoms with Crippen LogP contribution < -0.4 is 5.32 Å². The molecule has 3 rings (SSSR count). The van der Waals surface area contributed by atoms with Crippen LogP contribution in [0.25, 0.3) is 0 Å². The van der Waals surface area contributed by atoms with E-state index in [2.05, 4.69) is 32.1 Å². The van der Waals surface area contributed by atoms with Crippen molar-refractivity contribution in [3.63, 3.8) is 0 Å². The Morgan fingerprint density at radius 3 is 2.47 bits per heavy atom. The molecule has 0 amide bonds. The molecule has 8 heteroatoms. The SMILES string of the molecule is CCNC(=NCCCCCN1CCCCC1)N1CCN(Cc2cc(C)on2)CC1.I. The summed E-state index contributed by atoms with van der Waals surface area (Å²) in [6, 6.07) is 2.03. The molecule has 0 unspecified atom stereocenters. The molecule has 3 heterocycles. The van der Waals surface area contributed by atoms with Crippen LogP contribution in [0.1, 0.15) is 56.9 Å². The monoisotopic (exact) mass is 532 g/mol. The zero-order valence-corrected chi connectivity index (χ0v) is 21.3. The van der Waals surface area contributed by atoms with Crippen LogP contribution in [-0.4, -0.2) is 84.7 Å². The third-order valence-electron chi connectivity index (χ3n) is 5.91. The average Bonchev–Trinajstić information content (AvgIpc) is 3.15. The quantitative estimate of drug-likeness (QED) is 0.228. The highest BCUT2D eigenvalue weighted by Crippen LogP contribution is 2.11. The van der Waals surface area contributed by atoms with E-state index in [9.17, 15) is 0 Å². The normalized spacial score (nSPS) is 19.0. The van der Waals surface area contributed by atoms with E-state index in [-0.39, 0.29) is 24.0 Å². The van der Waals surface area contributed by atoms with Gasteiger partial charge in [0.2, 0.25) is 0 Å². The van der Waals surface area contributed by atoms with Gasteiger partial charge in [-0.2, -0.15) is 0 Å². The second-order valence-electron chi connectivity index (χ2n) is 8.39. The molecule has 0 spiro atoms. The first-order valence-corrected chi connectivity index (χ1v) is 11.6. The smallest absolute Gasteiger partial charge is 0.194 e. The third-order valence-corrected chi connectivity index (χ3v) is 5.91. The molecule has 172 valence electrons. The van der Waals surface area contributed by atoms with Gasteiger partial charge in [-0.3, -0.25) is 9.89 Å². The number of aryl methyl sites for hydroxylation is 1. The maximum Gasteiger partial charge on any atom is 0.194 e. The van der Waals surface area contributed by atoms with E-state index in [4.69, 9.17) is 9.52 Å². The zero-order valence-electron chi connectivity index (χ0n) is 18.9. The van der Waals surface area contributed by atoms with Gasteiger partial charge in [-0.15, -0.1) is 24.0 Å². The summed E-state index contributed by atoms with van der Waals surface area (Å²) in [7, 11) is 0. The maximum atomic E-state index is 5.19. The Hall–Kier alpha value is -0.870. The first-order chi connectivity index (χ1) is 14.2. The number of hydrogen-bond acceptors (Lipinski definition) is 5. The lowest BCUT2D eigenvalue weighted by Crippen LogP contribution is -2.52. The summed E-state index contributed by atoms with van der Waals surface area (Å²) in [5, 5.41) is 7.60. The fraction of sp³-hybridized carbons (Fsp3) is 0.818. The van der Waals surface area contributed by atoms with Crippen LogP contribution in [-0.2, 0) is 6.54 Å². The van der Waals surface area contributed by atoms with Crippen molar-refractivity contribution < 1.29 is 4.52 Å². The van der Waals surface area contributed by atoms with E-state index >= 15 is 0 Å². The van der Waals surface area contributed by atoms with Gasteiger partial charge in [0.15, 0.2) is 5.96 Å². The summed E-state index contributed by atoms with van der Waals surface area (Å²) in [5.41, 5.74) is 1.03. The molecule has 1 N–H and O–H groups in total. The van der Waals surface area contributed by atoms with Crippen molar-refractivity contribution in [3.05, 3.63) is 17.5 Å². The van der Waals surface area contributed by atoms with E-state index in [1.807, 2.05) is 13.0 Å². The number of aromatic nitrogens is 1. The maximum absolute atomic E-state index is 5.19. The number of nitrogens with one attached hydrogen (secondary N) is 1. The summed E-state index contributed by atoms with van der Waals surface area (Å²) >= 11 is 0. The van der Waals surface area contributed by atoms with Crippen LogP contribution in [0, 0.1) is 6.92 Å². The molecule has 0 atom stereocenters. The number of piperazine rings is 1. The molecule has 2 fully saturated rings. The Bertz CT molecular complexity index is 609. The lowest BCUT2D eigenvalue weighted by molar-refractivity contribution is 0.169. The van der Waals surface area contributed by atoms with Gasteiger partial charge < -0.3 is 19.6 Å². The second kappa shape index (κ2) is 14.2. The summed E-state index contributed by atoms with van der Waals surface area (Å²) in [4.78, 5) is 12.4. The molecule has 0 bridgehead atoms. The standard InChI is InChI=1S/C22H40N6O.HI/c1-3-23-22(24-10-6-4-7-11-26-12-8-5-9-13-26)28-16-14-27(15-17-28)19-21-18-20(2)29-25-21;/h18H,3-17,19H2,1-2H3,(H,23,24);1H. The minimum Gasteiger partial charge on any atom is -0.361 e. The van der Waals surface area contributed by atoms with Gasteiger partial charge in [0.05, 0.1) is 5.69 Å². The first-order valence-electron chi connectivity index (χ1n) is 11.6. The molecule has 2 saturated heterocycles. The van der Waals surface area contributed by atoms with Gasteiger partial charge in [-0.25, -0.2) is 0 Å². The molecule has 1 aromatic heterocycles. The Morgan fingerprint density at radius 2 is 1.80 bits per heavy atom. The Balaban J connectivity index is 0.00000320. The van der Waals surface area contributed by atoms with Crippen molar-refractivity contribution in [2.45, 2.75) is 58.9 Å². The summed E-state index contributed by atoms with van der Waals surface area (Å²) in [6.07, 6.45) is 7.99. The number of aliphatic imine (C=N–C) groups is 1. The molecule has 2 aliphatic heterocycles. The van der Waals surface area contributed by atoms with Crippen LogP contribution in [0.5, 0.6) is 0 Å². The molecule has 0 aromatic carbocycles.